The fraction of sp³-hybridized carbons (Fsp3) is 0.459. The molecule has 2 atom stereocenters. The quantitative estimate of drug-likeness (QED) is 0.183. The van der Waals surface area contributed by atoms with Crippen LogP contribution in [0.1, 0.15) is 58.6 Å². The van der Waals surface area contributed by atoms with Gasteiger partial charge in [-0.15, -0.1) is 0 Å². The van der Waals surface area contributed by atoms with Gasteiger partial charge in [-0.1, -0.05) is 42.5 Å². The highest BCUT2D eigenvalue weighted by Gasteiger charge is 2.36. The van der Waals surface area contributed by atoms with Crippen LogP contribution in [0.5, 0.6) is 5.75 Å². The molecule has 15 heteroatoms. The second-order valence-corrected chi connectivity index (χ2v) is 14.0. The lowest BCUT2D eigenvalue weighted by Gasteiger charge is -2.29. The van der Waals surface area contributed by atoms with Crippen molar-refractivity contribution in [3.05, 3.63) is 78.2 Å². The molecule has 0 saturated carbocycles. The number of hydrogen-bond donors (Lipinski definition) is 4. The number of carbonyl (C=O) groups excluding carboxylic acids is 5. The second kappa shape index (κ2) is 17.7. The van der Waals surface area contributed by atoms with Crippen molar-refractivity contribution in [3.63, 3.8) is 0 Å². The molecule has 0 bridgehead atoms. The van der Waals surface area contributed by atoms with Crippen LogP contribution in [0.3, 0.4) is 0 Å². The molecule has 52 heavy (non-hydrogen) atoms. The summed E-state index contributed by atoms with van der Waals surface area (Å²) in [5, 5.41) is 10.8. The third kappa shape index (κ3) is 11.8. The Bertz CT molecular complexity index is 1690. The number of methoxy groups -OCH3 is 1. The van der Waals surface area contributed by atoms with Crippen LogP contribution in [-0.4, -0.2) is 87.7 Å². The van der Waals surface area contributed by atoms with Crippen LogP contribution in [0.25, 0.3) is 0 Å². The van der Waals surface area contributed by atoms with E-state index in [1.165, 1.54) is 30.9 Å². The molecule has 4 N–H and O–H groups in total. The Balaban J connectivity index is 1.35. The van der Waals surface area contributed by atoms with Crippen LogP contribution in [0.4, 0.5) is 10.6 Å². The van der Waals surface area contributed by atoms with E-state index in [0.29, 0.717) is 25.9 Å². The molecule has 0 aliphatic carbocycles. The topological polar surface area (TPSA) is 182 Å². The smallest absolute Gasteiger partial charge is 0.408 e. The molecule has 280 valence electrons. The van der Waals surface area contributed by atoms with E-state index in [-0.39, 0.29) is 37.4 Å². The maximum absolute atomic E-state index is 13.5. The van der Waals surface area contributed by atoms with E-state index >= 15 is 0 Å². The minimum absolute atomic E-state index is 0.101. The van der Waals surface area contributed by atoms with Crippen molar-refractivity contribution in [1.29, 1.82) is 0 Å². The van der Waals surface area contributed by atoms with Gasteiger partial charge < -0.3 is 44.9 Å². The summed E-state index contributed by atoms with van der Waals surface area (Å²) in [6, 6.07) is 14.9. The Morgan fingerprint density at radius 2 is 1.67 bits per heavy atom. The Hall–Kier alpha value is -5.44. The van der Waals surface area contributed by atoms with E-state index in [1.807, 2.05) is 54.6 Å². The molecule has 1 fully saturated rings. The monoisotopic (exact) mass is 719 g/mol. The van der Waals surface area contributed by atoms with E-state index in [0.717, 1.165) is 16.9 Å². The molecule has 5 amide bonds. The number of rotatable bonds is 15. The van der Waals surface area contributed by atoms with Crippen molar-refractivity contribution in [3.8, 4) is 5.75 Å². The van der Waals surface area contributed by atoms with Gasteiger partial charge in [0.2, 0.25) is 17.7 Å². The van der Waals surface area contributed by atoms with Gasteiger partial charge in [-0.3, -0.25) is 19.2 Å². The number of nitrogens with zero attached hydrogens (tertiary/aromatic N) is 3. The predicted octanol–water partition coefficient (Wildman–Crippen LogP) is 3.14. The van der Waals surface area contributed by atoms with Gasteiger partial charge in [-0.25, -0.2) is 9.78 Å². The van der Waals surface area contributed by atoms with Crippen molar-refractivity contribution in [1.82, 2.24) is 30.4 Å². The van der Waals surface area contributed by atoms with Gasteiger partial charge in [0.15, 0.2) is 5.82 Å². The lowest BCUT2D eigenvalue weighted by atomic mass is 10.0. The molecule has 0 spiro atoms. The zero-order chi connectivity index (χ0) is 37.9. The molecular formula is C37H49N7O8. The third-order valence-electron chi connectivity index (χ3n) is 8.10. The molecule has 1 saturated heterocycles. The van der Waals surface area contributed by atoms with Gasteiger partial charge >= 0.3 is 6.09 Å². The number of nitrogens with one attached hydrogen (secondary N) is 4. The minimum atomic E-state index is -1.44. The normalized spacial score (nSPS) is 15.0. The highest BCUT2D eigenvalue weighted by molar-refractivity contribution is 5.98. The SMILES string of the molecule is COc1ccc(CNC(=O)C2CCCN2C(=O)Cn2cnc(NC(=O)C(COCc3ccccc3)NC(=O)C(C)(C)NC(=O)OC(C)(C)C)c2)cc1. The van der Waals surface area contributed by atoms with Crippen LogP contribution >= 0.6 is 0 Å². The summed E-state index contributed by atoms with van der Waals surface area (Å²) in [7, 11) is 1.59. The van der Waals surface area contributed by atoms with E-state index < -0.39 is 41.1 Å². The van der Waals surface area contributed by atoms with Crippen LogP contribution in [-0.2, 0) is 48.3 Å². The number of imidazole rings is 1. The Kier molecular flexibility index (Phi) is 13.4. The van der Waals surface area contributed by atoms with Crippen molar-refractivity contribution < 1.29 is 38.2 Å². The molecule has 2 unspecified atom stereocenters. The predicted molar refractivity (Wildman–Crippen MR) is 192 cm³/mol. The highest BCUT2D eigenvalue weighted by atomic mass is 16.6. The van der Waals surface area contributed by atoms with Gasteiger partial charge in [-0.2, -0.15) is 0 Å². The summed E-state index contributed by atoms with van der Waals surface area (Å²) in [5.41, 5.74) is -0.439. The molecule has 4 rings (SSSR count). The summed E-state index contributed by atoms with van der Waals surface area (Å²) in [6.07, 6.45) is 3.34. The van der Waals surface area contributed by atoms with Crippen LogP contribution in [0, 0.1) is 0 Å². The zero-order valence-corrected chi connectivity index (χ0v) is 30.6. The lowest BCUT2D eigenvalue weighted by Crippen LogP contribution is -2.59. The lowest BCUT2D eigenvalue weighted by molar-refractivity contribution is -0.139. The summed E-state index contributed by atoms with van der Waals surface area (Å²) in [4.78, 5) is 71.3. The van der Waals surface area contributed by atoms with Crippen LogP contribution in [0.15, 0.2) is 67.1 Å². The standard InChI is InChI=1S/C37H49N7O8/c1-36(2,3)52-35(49)42-37(4,5)34(48)40-28(23-51-22-26-11-8-7-9-12-26)32(46)41-30-20-43(24-39-30)21-31(45)44-18-10-13-29(44)33(47)38-19-25-14-16-27(50-6)17-15-25/h7-9,11-12,14-17,20,24,28-29H,10,13,18-19,21-23H2,1-6H3,(H,38,47)(H,40,48)(H,41,46)(H,42,49). The number of benzene rings is 2. The molecule has 1 aliphatic rings. The number of alkyl carbamates (subject to hydrolysis) is 1. The van der Waals surface area contributed by atoms with Crippen molar-refractivity contribution in [2.75, 3.05) is 25.6 Å². The number of amides is 5. The highest BCUT2D eigenvalue weighted by Crippen LogP contribution is 2.19. The molecule has 1 aromatic heterocycles. The Morgan fingerprint density at radius 3 is 2.35 bits per heavy atom. The number of ether oxygens (including phenoxy) is 3. The number of carbonyl (C=O) groups is 5. The Labute approximate surface area is 303 Å². The van der Waals surface area contributed by atoms with E-state index in [2.05, 4.69) is 26.3 Å². The first-order chi connectivity index (χ1) is 24.6. The Morgan fingerprint density at radius 1 is 0.962 bits per heavy atom. The molecule has 2 heterocycles. The first kappa shape index (κ1) is 39.3. The van der Waals surface area contributed by atoms with Crippen LogP contribution in [0.2, 0.25) is 0 Å². The summed E-state index contributed by atoms with van der Waals surface area (Å²) in [5.74, 6) is -0.909. The van der Waals surface area contributed by atoms with Gasteiger partial charge in [0.1, 0.15) is 35.5 Å². The fourth-order valence-electron chi connectivity index (χ4n) is 5.37. The first-order valence-electron chi connectivity index (χ1n) is 17.1. The largest absolute Gasteiger partial charge is 0.497 e. The number of aromatic nitrogens is 2. The molecule has 15 nitrogen and oxygen atoms in total. The van der Waals surface area contributed by atoms with Gasteiger partial charge in [0.25, 0.3) is 5.91 Å². The number of hydrogen-bond acceptors (Lipinski definition) is 9. The second-order valence-electron chi connectivity index (χ2n) is 14.0. The minimum Gasteiger partial charge on any atom is -0.497 e. The maximum Gasteiger partial charge on any atom is 0.408 e. The fourth-order valence-corrected chi connectivity index (χ4v) is 5.37. The van der Waals surface area contributed by atoms with Crippen molar-refractivity contribution in [2.45, 2.75) is 90.4 Å². The van der Waals surface area contributed by atoms with Gasteiger partial charge in [0, 0.05) is 19.3 Å². The molecular weight excluding hydrogens is 670 g/mol. The first-order valence-corrected chi connectivity index (χ1v) is 17.1. The van der Waals surface area contributed by atoms with Crippen LogP contribution < -0.4 is 26.0 Å². The summed E-state index contributed by atoms with van der Waals surface area (Å²) in [6.45, 7) is 8.75. The zero-order valence-electron chi connectivity index (χ0n) is 30.6. The van der Waals surface area contributed by atoms with Crippen molar-refractivity contribution in [2.24, 2.45) is 0 Å². The maximum atomic E-state index is 13.5. The third-order valence-corrected chi connectivity index (χ3v) is 8.10. The van der Waals surface area contributed by atoms with E-state index in [1.54, 1.807) is 32.8 Å². The molecule has 2 aromatic carbocycles. The number of likely N-dealkylation sites (tertiary alicyclic amines) is 1. The van der Waals surface area contributed by atoms with Gasteiger partial charge in [0.05, 0.1) is 26.7 Å². The molecule has 1 aliphatic heterocycles. The average Bonchev–Trinajstić information content (AvgIpc) is 3.76. The van der Waals surface area contributed by atoms with Gasteiger partial charge in [-0.05, 0) is 70.7 Å². The summed E-state index contributed by atoms with van der Waals surface area (Å²) < 4.78 is 17.8. The average molecular weight is 720 g/mol. The van der Waals surface area contributed by atoms with E-state index in [4.69, 9.17) is 14.2 Å². The number of anilines is 1. The van der Waals surface area contributed by atoms with Crippen molar-refractivity contribution >= 4 is 35.5 Å². The van der Waals surface area contributed by atoms with E-state index in [9.17, 15) is 24.0 Å². The molecule has 3 aromatic rings. The molecule has 0 radical (unpaired) electrons. The summed E-state index contributed by atoms with van der Waals surface area (Å²) >= 11 is 0.